The summed E-state index contributed by atoms with van der Waals surface area (Å²) in [5.41, 5.74) is -0.816. The summed E-state index contributed by atoms with van der Waals surface area (Å²) in [6.07, 6.45) is 5.82. The zero-order valence-corrected chi connectivity index (χ0v) is 17.8. The van der Waals surface area contributed by atoms with E-state index in [2.05, 4.69) is 13.0 Å². The lowest BCUT2D eigenvalue weighted by atomic mass is 9.89. The molecule has 0 bridgehead atoms. The van der Waals surface area contributed by atoms with Crippen LogP contribution in [0.25, 0.3) is 0 Å². The highest BCUT2D eigenvalue weighted by Crippen LogP contribution is 2.36. The van der Waals surface area contributed by atoms with Gasteiger partial charge >= 0.3 is 6.18 Å². The lowest BCUT2D eigenvalue weighted by molar-refractivity contribution is -0.137. The minimum absolute atomic E-state index is 0.0182. The fourth-order valence-electron chi connectivity index (χ4n) is 3.85. The molecule has 0 heterocycles. The van der Waals surface area contributed by atoms with Crippen molar-refractivity contribution in [3.63, 3.8) is 0 Å². The van der Waals surface area contributed by atoms with Gasteiger partial charge in [0.05, 0.1) is 17.8 Å². The molecule has 1 fully saturated rings. The van der Waals surface area contributed by atoms with Crippen LogP contribution < -0.4 is 4.74 Å². The summed E-state index contributed by atoms with van der Waals surface area (Å²) < 4.78 is 43.6. The van der Waals surface area contributed by atoms with Crippen LogP contribution >= 0.6 is 0 Å². The average molecular weight is 443 g/mol. The van der Waals surface area contributed by atoms with E-state index in [1.165, 1.54) is 24.6 Å². The van der Waals surface area contributed by atoms with Crippen LogP contribution in [0.4, 0.5) is 13.2 Å². The van der Waals surface area contributed by atoms with Crippen molar-refractivity contribution in [1.82, 2.24) is 0 Å². The third-order valence-electron chi connectivity index (χ3n) is 5.60. The number of alkyl halides is 3. The molecular weight excluding hydrogens is 409 g/mol. The second-order valence-corrected chi connectivity index (χ2v) is 8.10. The summed E-state index contributed by atoms with van der Waals surface area (Å²) in [5, 5.41) is 30.7. The van der Waals surface area contributed by atoms with E-state index >= 15 is 0 Å². The zero-order chi connectivity index (χ0) is 22.9. The molecule has 3 N–H and O–H groups in total. The monoisotopic (exact) mass is 442 g/mol. The Labute approximate surface area is 182 Å². The number of halogens is 3. The Hall–Kier alpha value is -1.83. The Morgan fingerprint density at radius 2 is 1.94 bits per heavy atom. The van der Waals surface area contributed by atoms with Crippen molar-refractivity contribution in [3.05, 3.63) is 54.1 Å². The van der Waals surface area contributed by atoms with Gasteiger partial charge in [-0.25, -0.2) is 0 Å². The van der Waals surface area contributed by atoms with Gasteiger partial charge in [0.25, 0.3) is 0 Å². The largest absolute Gasteiger partial charge is 0.491 e. The number of rotatable bonds is 11. The number of hydrogen-bond acceptors (Lipinski definition) is 4. The molecule has 1 aromatic carbocycles. The maximum Gasteiger partial charge on any atom is 0.416 e. The van der Waals surface area contributed by atoms with Crippen molar-refractivity contribution in [3.8, 4) is 5.75 Å². The molecular formula is C24H33F3O4. The Bertz CT molecular complexity index is 717. The molecule has 0 amide bonds. The summed E-state index contributed by atoms with van der Waals surface area (Å²) >= 11 is 0. The number of ether oxygens (including phenoxy) is 1. The molecule has 0 aliphatic heterocycles. The molecule has 0 aromatic heterocycles. The van der Waals surface area contributed by atoms with Gasteiger partial charge in [0.2, 0.25) is 0 Å². The van der Waals surface area contributed by atoms with Crippen molar-refractivity contribution in [2.24, 2.45) is 11.8 Å². The van der Waals surface area contributed by atoms with Gasteiger partial charge in [-0.15, -0.1) is 0 Å². The molecule has 1 aliphatic carbocycles. The van der Waals surface area contributed by atoms with Crippen LogP contribution in [0.2, 0.25) is 0 Å². The van der Waals surface area contributed by atoms with E-state index in [1.54, 1.807) is 6.08 Å². The van der Waals surface area contributed by atoms with Crippen LogP contribution in [0.1, 0.15) is 51.0 Å². The maximum atomic E-state index is 12.8. The van der Waals surface area contributed by atoms with Crippen LogP contribution in [0.5, 0.6) is 5.75 Å². The normalized spacial score (nSPS) is 25.5. The first-order valence-electron chi connectivity index (χ1n) is 10.9. The van der Waals surface area contributed by atoms with Crippen molar-refractivity contribution < 1.29 is 33.2 Å². The molecule has 5 unspecified atom stereocenters. The quantitative estimate of drug-likeness (QED) is 0.337. The predicted molar refractivity (Wildman–Crippen MR) is 114 cm³/mol. The van der Waals surface area contributed by atoms with E-state index in [-0.39, 0.29) is 30.6 Å². The van der Waals surface area contributed by atoms with Crippen LogP contribution in [0.3, 0.4) is 0 Å². The number of aliphatic hydroxyl groups is 3. The average Bonchev–Trinajstić information content (AvgIpc) is 2.99. The van der Waals surface area contributed by atoms with Crippen LogP contribution in [-0.2, 0) is 6.18 Å². The van der Waals surface area contributed by atoms with Crippen molar-refractivity contribution >= 4 is 0 Å². The lowest BCUT2D eigenvalue weighted by Crippen LogP contribution is -2.21. The topological polar surface area (TPSA) is 69.9 Å². The van der Waals surface area contributed by atoms with Crippen LogP contribution in [-0.4, -0.2) is 40.2 Å². The molecule has 1 aliphatic rings. The fourth-order valence-corrected chi connectivity index (χ4v) is 3.85. The van der Waals surface area contributed by atoms with E-state index in [0.29, 0.717) is 6.42 Å². The first kappa shape index (κ1) is 25.4. The molecule has 2 rings (SSSR count). The first-order valence-corrected chi connectivity index (χ1v) is 10.9. The molecule has 0 radical (unpaired) electrons. The van der Waals surface area contributed by atoms with Crippen molar-refractivity contribution in [1.29, 1.82) is 0 Å². The summed E-state index contributed by atoms with van der Waals surface area (Å²) in [6, 6.07) is 4.48. The second kappa shape index (κ2) is 12.3. The smallest absolute Gasteiger partial charge is 0.416 e. The Morgan fingerprint density at radius 1 is 1.16 bits per heavy atom. The molecule has 7 heteroatoms. The van der Waals surface area contributed by atoms with Crippen molar-refractivity contribution in [2.45, 2.75) is 69.9 Å². The molecule has 0 saturated heterocycles. The number of allylic oxidation sites excluding steroid dienone is 2. The Kier molecular flexibility index (Phi) is 10.1. The Balaban J connectivity index is 1.88. The number of unbranched alkanes of at least 4 members (excludes halogenated alkanes) is 3. The van der Waals surface area contributed by atoms with E-state index in [0.717, 1.165) is 31.4 Å². The van der Waals surface area contributed by atoms with E-state index in [9.17, 15) is 28.5 Å². The minimum Gasteiger partial charge on any atom is -0.491 e. The van der Waals surface area contributed by atoms with Gasteiger partial charge in [0.1, 0.15) is 18.5 Å². The van der Waals surface area contributed by atoms with Crippen LogP contribution in [0.15, 0.2) is 48.6 Å². The van der Waals surface area contributed by atoms with Gasteiger partial charge in [-0.3, -0.25) is 0 Å². The third kappa shape index (κ3) is 8.31. The summed E-state index contributed by atoms with van der Waals surface area (Å²) in [7, 11) is 0. The molecule has 1 aromatic rings. The number of benzene rings is 1. The van der Waals surface area contributed by atoms with E-state index < -0.39 is 30.1 Å². The zero-order valence-electron chi connectivity index (χ0n) is 17.8. The standard InChI is InChI=1S/C24H33F3O4/c1-2-3-4-5-6-7-11-20-21(23(30)15-22(20)29)13-12-18(28)16-31-19-10-8-9-17(14-19)24(25,26)27/h6-10,12-14,18,20-23,28-30H,2-5,11,15-16H2,1H3. The molecule has 0 spiro atoms. The third-order valence-corrected chi connectivity index (χ3v) is 5.60. The van der Waals surface area contributed by atoms with Gasteiger partial charge in [0, 0.05) is 12.3 Å². The summed E-state index contributed by atoms with van der Waals surface area (Å²) in [5.74, 6) is -0.437. The number of aliphatic hydroxyl groups excluding tert-OH is 3. The summed E-state index contributed by atoms with van der Waals surface area (Å²) in [6.45, 7) is 1.93. The van der Waals surface area contributed by atoms with Gasteiger partial charge in [-0.2, -0.15) is 13.2 Å². The fraction of sp³-hybridized carbons (Fsp3) is 0.583. The minimum atomic E-state index is -4.46. The molecule has 5 atom stereocenters. The van der Waals surface area contributed by atoms with Gasteiger partial charge in [-0.1, -0.05) is 50.1 Å². The van der Waals surface area contributed by atoms with Crippen molar-refractivity contribution in [2.75, 3.05) is 6.61 Å². The molecule has 4 nitrogen and oxygen atoms in total. The SMILES string of the molecule is CCCCCC=CCC1C(O)CC(O)C1C=CC(O)COc1cccc(C(F)(F)F)c1. The van der Waals surface area contributed by atoms with E-state index in [1.807, 2.05) is 6.08 Å². The maximum absolute atomic E-state index is 12.8. The molecule has 31 heavy (non-hydrogen) atoms. The highest BCUT2D eigenvalue weighted by molar-refractivity contribution is 5.30. The van der Waals surface area contributed by atoms with Crippen LogP contribution in [0, 0.1) is 11.8 Å². The summed E-state index contributed by atoms with van der Waals surface area (Å²) in [4.78, 5) is 0. The highest BCUT2D eigenvalue weighted by atomic mass is 19.4. The lowest BCUT2D eigenvalue weighted by Gasteiger charge is -2.19. The van der Waals surface area contributed by atoms with E-state index in [4.69, 9.17) is 4.74 Å². The number of hydrogen-bond donors (Lipinski definition) is 3. The molecule has 174 valence electrons. The second-order valence-electron chi connectivity index (χ2n) is 8.10. The Morgan fingerprint density at radius 3 is 2.65 bits per heavy atom. The highest BCUT2D eigenvalue weighted by Gasteiger charge is 2.39. The molecule has 1 saturated carbocycles. The van der Waals surface area contributed by atoms with Gasteiger partial charge in [-0.05, 0) is 43.4 Å². The predicted octanol–water partition coefficient (Wildman–Crippen LogP) is 4.89. The first-order chi connectivity index (χ1) is 14.7. The van der Waals surface area contributed by atoms with Gasteiger partial charge in [0.15, 0.2) is 0 Å². The van der Waals surface area contributed by atoms with Gasteiger partial charge < -0.3 is 20.1 Å².